The number of amides is 3. The Labute approximate surface area is 232 Å². The summed E-state index contributed by atoms with van der Waals surface area (Å²) in [5, 5.41) is 9.08. The molecule has 2 saturated heterocycles. The summed E-state index contributed by atoms with van der Waals surface area (Å²) in [6.07, 6.45) is 10.3. The standard InChI is InChI=1S/C30H44N6O3/c1-5-35(6-2)17-13-31-30(39)28-20(3)26(32-21(28)4)19-24-23-18-22(10-11-25(23)34-29(24)38)33-27(37)12-16-36-14-8-7-9-15-36/h10-11,19,23,32H,5-9,12-18H2,1-4H3,(H,31,39)(H,33,37)(H,34,38). The highest BCUT2D eigenvalue weighted by Gasteiger charge is 2.35. The van der Waals surface area contributed by atoms with Crippen LogP contribution >= 0.6 is 0 Å². The number of carbonyl (C=O) groups is 3. The van der Waals surface area contributed by atoms with Gasteiger partial charge in [0.2, 0.25) is 5.91 Å². The number of aromatic nitrogens is 1. The minimum atomic E-state index is -0.158. The Kier molecular flexibility index (Phi) is 9.80. The Hall–Kier alpha value is -3.17. The Bertz CT molecular complexity index is 1170. The molecule has 9 nitrogen and oxygen atoms in total. The first-order valence-corrected chi connectivity index (χ1v) is 14.5. The first-order valence-electron chi connectivity index (χ1n) is 14.5. The molecule has 0 saturated carbocycles. The Morgan fingerprint density at radius 1 is 1.13 bits per heavy atom. The predicted molar refractivity (Wildman–Crippen MR) is 154 cm³/mol. The number of hydrogen-bond donors (Lipinski definition) is 4. The molecule has 0 spiro atoms. The van der Waals surface area contributed by atoms with E-state index >= 15 is 0 Å². The molecule has 0 radical (unpaired) electrons. The molecule has 1 aromatic heterocycles. The highest BCUT2D eigenvalue weighted by molar-refractivity contribution is 6.04. The van der Waals surface area contributed by atoms with Gasteiger partial charge in [-0.2, -0.15) is 0 Å². The van der Waals surface area contributed by atoms with Crippen LogP contribution in [0.2, 0.25) is 0 Å². The highest BCUT2D eigenvalue weighted by atomic mass is 16.2. The number of aromatic amines is 1. The number of piperidine rings is 1. The second-order valence-electron chi connectivity index (χ2n) is 10.8. The molecular formula is C30H44N6O3. The lowest BCUT2D eigenvalue weighted by molar-refractivity contribution is -0.120. The number of likely N-dealkylation sites (N-methyl/N-ethyl adjacent to an activating group) is 1. The Morgan fingerprint density at radius 2 is 1.87 bits per heavy atom. The van der Waals surface area contributed by atoms with Crippen LogP contribution in [0, 0.1) is 19.8 Å². The largest absolute Gasteiger partial charge is 0.358 e. The maximum Gasteiger partial charge on any atom is 0.253 e. The summed E-state index contributed by atoms with van der Waals surface area (Å²) >= 11 is 0. The summed E-state index contributed by atoms with van der Waals surface area (Å²) in [6, 6.07) is 0. The van der Waals surface area contributed by atoms with Gasteiger partial charge in [-0.05, 0) is 76.7 Å². The minimum Gasteiger partial charge on any atom is -0.358 e. The molecule has 2 aliphatic heterocycles. The van der Waals surface area contributed by atoms with E-state index in [4.69, 9.17) is 0 Å². The maximum absolute atomic E-state index is 13.0. The molecule has 3 amide bonds. The zero-order valence-electron chi connectivity index (χ0n) is 23.9. The third kappa shape index (κ3) is 7.08. The van der Waals surface area contributed by atoms with Crippen molar-refractivity contribution in [2.75, 3.05) is 45.8 Å². The third-order valence-corrected chi connectivity index (χ3v) is 8.17. The molecule has 9 heteroatoms. The van der Waals surface area contributed by atoms with Crippen molar-refractivity contribution < 1.29 is 14.4 Å². The van der Waals surface area contributed by atoms with Crippen LogP contribution in [0.5, 0.6) is 0 Å². The molecule has 3 aliphatic rings. The zero-order chi connectivity index (χ0) is 27.9. The Morgan fingerprint density at radius 3 is 2.59 bits per heavy atom. The van der Waals surface area contributed by atoms with E-state index in [1.165, 1.54) is 19.3 Å². The van der Waals surface area contributed by atoms with Gasteiger partial charge in [0.1, 0.15) is 0 Å². The molecular weight excluding hydrogens is 492 g/mol. The molecule has 4 N–H and O–H groups in total. The normalized spacial score (nSPS) is 20.5. The molecule has 0 bridgehead atoms. The topological polar surface area (TPSA) is 110 Å². The Balaban J connectivity index is 1.40. The number of nitrogens with one attached hydrogen (secondary N) is 4. The van der Waals surface area contributed by atoms with Crippen LogP contribution in [0.3, 0.4) is 0 Å². The average Bonchev–Trinajstić information content (AvgIpc) is 3.39. The van der Waals surface area contributed by atoms with Crippen molar-refractivity contribution in [1.82, 2.24) is 30.7 Å². The van der Waals surface area contributed by atoms with Crippen molar-refractivity contribution in [3.63, 3.8) is 0 Å². The van der Waals surface area contributed by atoms with E-state index in [-0.39, 0.29) is 23.6 Å². The summed E-state index contributed by atoms with van der Waals surface area (Å²) < 4.78 is 0. The van der Waals surface area contributed by atoms with Gasteiger partial charge in [0, 0.05) is 66.7 Å². The first kappa shape index (κ1) is 28.8. The van der Waals surface area contributed by atoms with Crippen molar-refractivity contribution in [3.05, 3.63) is 51.6 Å². The second kappa shape index (κ2) is 13.3. The number of hydrogen-bond acceptors (Lipinski definition) is 5. The van der Waals surface area contributed by atoms with Crippen LogP contribution in [-0.4, -0.2) is 78.3 Å². The maximum atomic E-state index is 13.0. The summed E-state index contributed by atoms with van der Waals surface area (Å²) in [5.41, 5.74) is 5.28. The van der Waals surface area contributed by atoms with E-state index in [0.29, 0.717) is 30.5 Å². The highest BCUT2D eigenvalue weighted by Crippen LogP contribution is 2.36. The molecule has 1 aliphatic carbocycles. The van der Waals surface area contributed by atoms with Gasteiger partial charge in [-0.15, -0.1) is 0 Å². The second-order valence-corrected chi connectivity index (χ2v) is 10.8. The van der Waals surface area contributed by atoms with E-state index in [9.17, 15) is 14.4 Å². The van der Waals surface area contributed by atoms with Gasteiger partial charge >= 0.3 is 0 Å². The first-order chi connectivity index (χ1) is 18.8. The van der Waals surface area contributed by atoms with Crippen LogP contribution in [0.15, 0.2) is 29.1 Å². The monoisotopic (exact) mass is 536 g/mol. The van der Waals surface area contributed by atoms with Crippen molar-refractivity contribution in [2.45, 2.75) is 59.8 Å². The van der Waals surface area contributed by atoms with Crippen LogP contribution in [-0.2, 0) is 9.59 Å². The molecule has 4 rings (SSSR count). The van der Waals surface area contributed by atoms with Gasteiger partial charge in [0.05, 0.1) is 5.56 Å². The zero-order valence-corrected chi connectivity index (χ0v) is 23.9. The molecule has 1 unspecified atom stereocenters. The summed E-state index contributed by atoms with van der Waals surface area (Å²) in [7, 11) is 0. The molecule has 1 aromatic rings. The molecule has 39 heavy (non-hydrogen) atoms. The molecule has 212 valence electrons. The lowest BCUT2D eigenvalue weighted by Gasteiger charge is -2.26. The minimum absolute atomic E-state index is 0.0129. The lowest BCUT2D eigenvalue weighted by atomic mass is 9.89. The molecule has 2 fully saturated rings. The van der Waals surface area contributed by atoms with Gasteiger partial charge in [-0.1, -0.05) is 20.3 Å². The predicted octanol–water partition coefficient (Wildman–Crippen LogP) is 3.00. The number of fused-ring (bicyclic) bond motifs is 1. The molecule has 0 aromatic carbocycles. The van der Waals surface area contributed by atoms with Gasteiger partial charge in [-0.25, -0.2) is 0 Å². The number of likely N-dealkylation sites (tertiary alicyclic amines) is 1. The average molecular weight is 537 g/mol. The number of H-pyrrole nitrogens is 1. The van der Waals surface area contributed by atoms with E-state index in [1.807, 2.05) is 32.1 Å². The van der Waals surface area contributed by atoms with E-state index in [0.717, 1.165) is 67.6 Å². The summed E-state index contributed by atoms with van der Waals surface area (Å²) in [5.74, 6) is -0.396. The number of nitrogens with zero attached hydrogens (tertiary/aromatic N) is 2. The van der Waals surface area contributed by atoms with Crippen molar-refractivity contribution >= 4 is 23.8 Å². The quantitative estimate of drug-likeness (QED) is 0.325. The van der Waals surface area contributed by atoms with Gasteiger partial charge in [0.15, 0.2) is 0 Å². The summed E-state index contributed by atoms with van der Waals surface area (Å²) in [4.78, 5) is 46.5. The molecule has 3 heterocycles. The van der Waals surface area contributed by atoms with Crippen molar-refractivity contribution in [3.8, 4) is 0 Å². The SMILES string of the molecule is CCN(CC)CCNC(=O)c1c(C)[nH]c(C=C2C(=O)NC3=CC=C(NC(=O)CCN4CCCCC4)CC32)c1C. The number of rotatable bonds is 11. The van der Waals surface area contributed by atoms with Gasteiger partial charge < -0.3 is 30.7 Å². The molecule has 1 atom stereocenters. The smallest absolute Gasteiger partial charge is 0.253 e. The number of carbonyl (C=O) groups excluding carboxylic acids is 3. The number of aryl methyl sites for hydroxylation is 1. The fourth-order valence-electron chi connectivity index (χ4n) is 5.79. The van der Waals surface area contributed by atoms with Crippen LogP contribution in [0.25, 0.3) is 6.08 Å². The fraction of sp³-hybridized carbons (Fsp3) is 0.567. The van der Waals surface area contributed by atoms with E-state index in [2.05, 4.69) is 44.6 Å². The number of allylic oxidation sites excluding steroid dienone is 4. The van der Waals surface area contributed by atoms with Crippen LogP contribution in [0.1, 0.15) is 73.3 Å². The summed E-state index contributed by atoms with van der Waals surface area (Å²) in [6.45, 7) is 14.2. The third-order valence-electron chi connectivity index (χ3n) is 8.17. The fourth-order valence-corrected chi connectivity index (χ4v) is 5.79. The van der Waals surface area contributed by atoms with Gasteiger partial charge in [0.25, 0.3) is 11.8 Å². The van der Waals surface area contributed by atoms with Crippen LogP contribution < -0.4 is 16.0 Å². The van der Waals surface area contributed by atoms with E-state index < -0.39 is 0 Å². The van der Waals surface area contributed by atoms with Crippen LogP contribution in [0.4, 0.5) is 0 Å². The van der Waals surface area contributed by atoms with Crippen molar-refractivity contribution in [1.29, 1.82) is 0 Å². The lowest BCUT2D eigenvalue weighted by Crippen LogP contribution is -2.35. The van der Waals surface area contributed by atoms with Gasteiger partial charge in [-0.3, -0.25) is 14.4 Å². The van der Waals surface area contributed by atoms with E-state index in [1.54, 1.807) is 0 Å². The van der Waals surface area contributed by atoms with Crippen molar-refractivity contribution in [2.24, 2.45) is 5.92 Å².